The summed E-state index contributed by atoms with van der Waals surface area (Å²) in [6.07, 6.45) is 0. The van der Waals surface area contributed by atoms with Crippen LogP contribution in [0.4, 0.5) is 17.1 Å². The molecular weight excluding hydrogens is 312 g/mol. The van der Waals surface area contributed by atoms with Gasteiger partial charge in [-0.05, 0) is 30.3 Å². The SMILES string of the molecule is CN1c2ccccc2N=C(c2ccc(C(=O)O)cc2)c2ccccc21. The Bertz CT molecular complexity index is 991. The van der Waals surface area contributed by atoms with Crippen LogP contribution in [0.15, 0.2) is 77.8 Å². The maximum atomic E-state index is 11.1. The molecule has 122 valence electrons. The Hall–Kier alpha value is -3.40. The number of hydrogen-bond donors (Lipinski definition) is 1. The molecule has 3 aromatic carbocycles. The molecule has 0 aliphatic carbocycles. The summed E-state index contributed by atoms with van der Waals surface area (Å²) in [7, 11) is 2.03. The lowest BCUT2D eigenvalue weighted by Crippen LogP contribution is -2.12. The summed E-state index contributed by atoms with van der Waals surface area (Å²) in [6, 6.07) is 23.0. The molecule has 1 N–H and O–H groups in total. The van der Waals surface area contributed by atoms with Crippen LogP contribution in [0, 0.1) is 0 Å². The number of rotatable bonds is 2. The van der Waals surface area contributed by atoms with Crippen molar-refractivity contribution in [2.45, 2.75) is 0 Å². The van der Waals surface area contributed by atoms with E-state index >= 15 is 0 Å². The number of carboxylic acids is 1. The summed E-state index contributed by atoms with van der Waals surface area (Å²) < 4.78 is 0. The summed E-state index contributed by atoms with van der Waals surface area (Å²) in [5.41, 5.74) is 6.00. The Morgan fingerprint density at radius 1 is 0.880 bits per heavy atom. The van der Waals surface area contributed by atoms with Gasteiger partial charge in [-0.15, -0.1) is 0 Å². The largest absolute Gasteiger partial charge is 0.478 e. The van der Waals surface area contributed by atoms with Crippen LogP contribution in [0.2, 0.25) is 0 Å². The van der Waals surface area contributed by atoms with E-state index in [9.17, 15) is 4.79 Å². The molecule has 4 rings (SSSR count). The van der Waals surface area contributed by atoms with Crippen LogP contribution >= 0.6 is 0 Å². The van der Waals surface area contributed by atoms with E-state index in [1.54, 1.807) is 12.1 Å². The molecule has 3 aromatic rings. The minimum Gasteiger partial charge on any atom is -0.478 e. The Morgan fingerprint density at radius 3 is 2.24 bits per heavy atom. The smallest absolute Gasteiger partial charge is 0.335 e. The quantitative estimate of drug-likeness (QED) is 0.746. The molecule has 0 saturated carbocycles. The Kier molecular flexibility index (Phi) is 3.58. The predicted molar refractivity (Wildman–Crippen MR) is 99.6 cm³/mol. The first kappa shape index (κ1) is 15.1. The molecule has 0 unspecified atom stereocenters. The summed E-state index contributed by atoms with van der Waals surface area (Å²) in [4.78, 5) is 18.1. The fourth-order valence-electron chi connectivity index (χ4n) is 3.11. The van der Waals surface area contributed by atoms with Crippen molar-refractivity contribution in [2.75, 3.05) is 11.9 Å². The summed E-state index contributed by atoms with van der Waals surface area (Å²) in [5, 5.41) is 9.12. The van der Waals surface area contributed by atoms with Crippen LogP contribution in [-0.2, 0) is 0 Å². The van der Waals surface area contributed by atoms with Crippen molar-refractivity contribution in [3.8, 4) is 0 Å². The molecule has 0 aromatic heterocycles. The highest BCUT2D eigenvalue weighted by molar-refractivity contribution is 6.18. The molecule has 1 aliphatic heterocycles. The van der Waals surface area contributed by atoms with Gasteiger partial charge in [-0.2, -0.15) is 0 Å². The average Bonchev–Trinajstić information content (AvgIpc) is 2.78. The van der Waals surface area contributed by atoms with Crippen LogP contribution in [0.1, 0.15) is 21.5 Å². The first-order valence-corrected chi connectivity index (χ1v) is 8.00. The number of hydrogen-bond acceptors (Lipinski definition) is 3. The first-order valence-electron chi connectivity index (χ1n) is 8.00. The molecule has 0 fully saturated rings. The first-order chi connectivity index (χ1) is 12.1. The van der Waals surface area contributed by atoms with E-state index < -0.39 is 5.97 Å². The molecular formula is C21H16N2O2. The maximum absolute atomic E-state index is 11.1. The maximum Gasteiger partial charge on any atom is 0.335 e. The van der Waals surface area contributed by atoms with Gasteiger partial charge in [-0.25, -0.2) is 9.79 Å². The molecule has 1 aliphatic rings. The van der Waals surface area contributed by atoms with E-state index in [-0.39, 0.29) is 5.56 Å². The predicted octanol–water partition coefficient (Wildman–Crippen LogP) is 4.64. The number of carboxylic acid groups (broad SMARTS) is 1. The molecule has 0 radical (unpaired) electrons. The standard InChI is InChI=1S/C21H16N2O2/c1-23-18-8-4-2-6-16(18)20(22-17-7-3-5-9-19(17)23)14-10-12-15(13-11-14)21(24)25/h2-13H,1H3,(H,24,25). The molecule has 4 nitrogen and oxygen atoms in total. The molecule has 25 heavy (non-hydrogen) atoms. The minimum absolute atomic E-state index is 0.267. The third-order valence-electron chi connectivity index (χ3n) is 4.40. The van der Waals surface area contributed by atoms with Crippen molar-refractivity contribution >= 4 is 28.7 Å². The molecule has 4 heteroatoms. The third kappa shape index (κ3) is 2.58. The second kappa shape index (κ2) is 5.91. The number of aliphatic imine (C=N–C) groups is 1. The molecule has 0 bridgehead atoms. The third-order valence-corrected chi connectivity index (χ3v) is 4.40. The van der Waals surface area contributed by atoms with E-state index in [2.05, 4.69) is 11.0 Å². The highest BCUT2D eigenvalue weighted by Crippen LogP contribution is 2.39. The number of anilines is 2. The second-order valence-electron chi connectivity index (χ2n) is 5.91. The van der Waals surface area contributed by atoms with Crippen molar-refractivity contribution in [3.05, 3.63) is 89.5 Å². The summed E-state index contributed by atoms with van der Waals surface area (Å²) >= 11 is 0. The zero-order chi connectivity index (χ0) is 17.4. The normalized spacial score (nSPS) is 12.7. The Balaban J connectivity index is 1.95. The van der Waals surface area contributed by atoms with E-state index in [1.165, 1.54) is 0 Å². The van der Waals surface area contributed by atoms with E-state index in [0.29, 0.717) is 0 Å². The van der Waals surface area contributed by atoms with Gasteiger partial charge in [0, 0.05) is 18.2 Å². The van der Waals surface area contributed by atoms with Gasteiger partial charge >= 0.3 is 5.97 Å². The van der Waals surface area contributed by atoms with Gasteiger partial charge in [0.1, 0.15) is 0 Å². The van der Waals surface area contributed by atoms with E-state index in [0.717, 1.165) is 33.9 Å². The van der Waals surface area contributed by atoms with Crippen LogP contribution in [0.3, 0.4) is 0 Å². The zero-order valence-electron chi connectivity index (χ0n) is 13.7. The molecule has 0 amide bonds. The van der Waals surface area contributed by atoms with Gasteiger partial charge in [0.05, 0.1) is 28.3 Å². The molecule has 1 heterocycles. The van der Waals surface area contributed by atoms with Gasteiger partial charge in [0.15, 0.2) is 0 Å². The van der Waals surface area contributed by atoms with Crippen molar-refractivity contribution in [1.82, 2.24) is 0 Å². The van der Waals surface area contributed by atoms with Gasteiger partial charge in [0.25, 0.3) is 0 Å². The van der Waals surface area contributed by atoms with Gasteiger partial charge < -0.3 is 10.0 Å². The number of benzene rings is 3. The van der Waals surface area contributed by atoms with Crippen molar-refractivity contribution in [1.29, 1.82) is 0 Å². The fraction of sp³-hybridized carbons (Fsp3) is 0.0476. The number of nitrogens with zero attached hydrogens (tertiary/aromatic N) is 2. The van der Waals surface area contributed by atoms with Crippen LogP contribution < -0.4 is 4.90 Å². The van der Waals surface area contributed by atoms with E-state index in [1.807, 2.05) is 61.6 Å². The lowest BCUT2D eigenvalue weighted by molar-refractivity contribution is 0.0697. The van der Waals surface area contributed by atoms with Crippen molar-refractivity contribution in [3.63, 3.8) is 0 Å². The summed E-state index contributed by atoms with van der Waals surface area (Å²) in [6.45, 7) is 0. The topological polar surface area (TPSA) is 52.9 Å². The van der Waals surface area contributed by atoms with Gasteiger partial charge in [-0.1, -0.05) is 42.5 Å². The van der Waals surface area contributed by atoms with Gasteiger partial charge in [-0.3, -0.25) is 0 Å². The van der Waals surface area contributed by atoms with Crippen LogP contribution in [0.25, 0.3) is 0 Å². The highest BCUT2D eigenvalue weighted by Gasteiger charge is 2.21. The number of para-hydroxylation sites is 3. The number of fused-ring (bicyclic) bond motifs is 2. The molecule has 0 saturated heterocycles. The number of aromatic carboxylic acids is 1. The summed E-state index contributed by atoms with van der Waals surface area (Å²) in [5.74, 6) is -0.931. The minimum atomic E-state index is -0.931. The van der Waals surface area contributed by atoms with Crippen LogP contribution in [0.5, 0.6) is 0 Å². The highest BCUT2D eigenvalue weighted by atomic mass is 16.4. The lowest BCUT2D eigenvalue weighted by Gasteiger charge is -2.21. The fourth-order valence-corrected chi connectivity index (χ4v) is 3.11. The molecule has 0 atom stereocenters. The Morgan fingerprint density at radius 2 is 1.52 bits per heavy atom. The molecule has 0 spiro atoms. The zero-order valence-corrected chi connectivity index (χ0v) is 13.7. The van der Waals surface area contributed by atoms with Gasteiger partial charge in [0.2, 0.25) is 0 Å². The van der Waals surface area contributed by atoms with E-state index in [4.69, 9.17) is 10.1 Å². The van der Waals surface area contributed by atoms with Crippen molar-refractivity contribution < 1.29 is 9.90 Å². The lowest BCUT2D eigenvalue weighted by atomic mass is 9.99. The van der Waals surface area contributed by atoms with Crippen molar-refractivity contribution in [2.24, 2.45) is 4.99 Å². The monoisotopic (exact) mass is 328 g/mol. The number of carbonyl (C=O) groups is 1. The Labute approximate surface area is 145 Å². The average molecular weight is 328 g/mol. The second-order valence-corrected chi connectivity index (χ2v) is 5.91. The van der Waals surface area contributed by atoms with Crippen LogP contribution in [-0.4, -0.2) is 23.8 Å².